The van der Waals surface area contributed by atoms with Crippen LogP contribution in [0.5, 0.6) is 0 Å². The number of methoxy groups -OCH3 is 1. The van der Waals surface area contributed by atoms with Crippen LogP contribution in [-0.2, 0) is 25.7 Å². The number of nitrogens with zero attached hydrogens (tertiary/aromatic N) is 2. The molecule has 1 saturated heterocycles. The first-order chi connectivity index (χ1) is 16.4. The smallest absolute Gasteiger partial charge is 0.337 e. The number of carbonyl (C=O) groups excluding carboxylic acids is 4. The van der Waals surface area contributed by atoms with Crippen molar-refractivity contribution in [1.29, 1.82) is 0 Å². The van der Waals surface area contributed by atoms with Gasteiger partial charge in [0.15, 0.2) is 0 Å². The summed E-state index contributed by atoms with van der Waals surface area (Å²) in [7, 11) is 1.27. The highest BCUT2D eigenvalue weighted by atomic mass is 19.1. The van der Waals surface area contributed by atoms with Crippen molar-refractivity contribution in [2.75, 3.05) is 12.0 Å². The molecule has 8 heteroatoms. The standard InChI is InChI=1S/C27H29FN2O5/c1-26(2)22(27(26,3)4)24(33)29(15-16-6-10-18(28)11-7-16)20-14-21(31)30(23(20)32)19-12-8-17(9-13-19)25(34)35-5/h6-13,20,22H,14-15H2,1-5H3. The van der Waals surface area contributed by atoms with Crippen LogP contribution in [0.4, 0.5) is 10.1 Å². The van der Waals surface area contributed by atoms with Crippen LogP contribution in [0.3, 0.4) is 0 Å². The van der Waals surface area contributed by atoms with Crippen molar-refractivity contribution in [3.8, 4) is 0 Å². The van der Waals surface area contributed by atoms with Gasteiger partial charge >= 0.3 is 5.97 Å². The van der Waals surface area contributed by atoms with E-state index in [1.807, 2.05) is 27.7 Å². The lowest BCUT2D eigenvalue weighted by molar-refractivity contribution is -0.141. The SMILES string of the molecule is COC(=O)c1ccc(N2C(=O)CC(N(Cc3ccc(F)cc3)C(=O)C3C(C)(C)C3(C)C)C2=O)cc1. The van der Waals surface area contributed by atoms with Gasteiger partial charge in [-0.15, -0.1) is 0 Å². The number of imide groups is 1. The van der Waals surface area contributed by atoms with Crippen LogP contribution >= 0.6 is 0 Å². The average Bonchev–Trinajstić information content (AvgIpc) is 3.05. The third-order valence-corrected chi connectivity index (χ3v) is 7.86. The molecule has 2 aliphatic rings. The average molecular weight is 481 g/mol. The number of esters is 1. The van der Waals surface area contributed by atoms with Crippen LogP contribution in [-0.4, -0.2) is 41.7 Å². The van der Waals surface area contributed by atoms with E-state index in [-0.39, 0.29) is 35.6 Å². The molecule has 1 unspecified atom stereocenters. The molecule has 7 nitrogen and oxygen atoms in total. The molecule has 2 aromatic carbocycles. The molecule has 2 aromatic rings. The van der Waals surface area contributed by atoms with Crippen molar-refractivity contribution in [2.45, 2.75) is 46.7 Å². The minimum atomic E-state index is -0.979. The van der Waals surface area contributed by atoms with Crippen molar-refractivity contribution >= 4 is 29.4 Å². The van der Waals surface area contributed by atoms with Crippen molar-refractivity contribution in [3.05, 3.63) is 65.5 Å². The van der Waals surface area contributed by atoms with Crippen LogP contribution in [0.15, 0.2) is 48.5 Å². The molecule has 4 rings (SSSR count). The largest absolute Gasteiger partial charge is 0.465 e. The summed E-state index contributed by atoms with van der Waals surface area (Å²) in [5, 5.41) is 0. The second-order valence-corrected chi connectivity index (χ2v) is 10.3. The number of hydrogen-bond donors (Lipinski definition) is 0. The Kier molecular flexibility index (Phi) is 6.03. The topological polar surface area (TPSA) is 84.0 Å². The fraction of sp³-hybridized carbons (Fsp3) is 0.407. The summed E-state index contributed by atoms with van der Waals surface area (Å²) in [5.41, 5.74) is 0.743. The zero-order chi connectivity index (χ0) is 25.7. The summed E-state index contributed by atoms with van der Waals surface area (Å²) >= 11 is 0. The maximum atomic E-state index is 13.8. The molecule has 0 N–H and O–H groups in total. The molecule has 1 aliphatic carbocycles. The van der Waals surface area contributed by atoms with Gasteiger partial charge in [-0.25, -0.2) is 14.1 Å². The third-order valence-electron chi connectivity index (χ3n) is 7.86. The van der Waals surface area contributed by atoms with E-state index >= 15 is 0 Å². The van der Waals surface area contributed by atoms with Crippen LogP contribution in [0, 0.1) is 22.6 Å². The molecule has 35 heavy (non-hydrogen) atoms. The zero-order valence-corrected chi connectivity index (χ0v) is 20.5. The van der Waals surface area contributed by atoms with E-state index in [0.29, 0.717) is 16.8 Å². The van der Waals surface area contributed by atoms with E-state index in [4.69, 9.17) is 4.74 Å². The highest BCUT2D eigenvalue weighted by Gasteiger charge is 2.69. The molecule has 1 saturated carbocycles. The minimum absolute atomic E-state index is 0.0839. The number of halogens is 1. The van der Waals surface area contributed by atoms with Crippen LogP contribution < -0.4 is 4.90 Å². The summed E-state index contributed by atoms with van der Waals surface area (Å²) in [6, 6.07) is 10.7. The minimum Gasteiger partial charge on any atom is -0.465 e. The van der Waals surface area contributed by atoms with Crippen molar-refractivity contribution in [1.82, 2.24) is 4.90 Å². The van der Waals surface area contributed by atoms with Gasteiger partial charge in [-0.3, -0.25) is 14.4 Å². The van der Waals surface area contributed by atoms with E-state index in [2.05, 4.69) is 0 Å². The molecule has 0 spiro atoms. The fourth-order valence-electron chi connectivity index (χ4n) is 5.10. The monoisotopic (exact) mass is 480 g/mol. The second kappa shape index (κ2) is 8.59. The highest BCUT2D eigenvalue weighted by Crippen LogP contribution is 2.69. The Morgan fingerprint density at radius 1 is 1.00 bits per heavy atom. The quantitative estimate of drug-likeness (QED) is 0.462. The Morgan fingerprint density at radius 2 is 1.57 bits per heavy atom. The Hall–Kier alpha value is -3.55. The van der Waals surface area contributed by atoms with Gasteiger partial charge in [0.1, 0.15) is 11.9 Å². The van der Waals surface area contributed by atoms with E-state index in [9.17, 15) is 23.6 Å². The molecule has 1 heterocycles. The lowest BCUT2D eigenvalue weighted by Gasteiger charge is -2.29. The molecule has 1 atom stereocenters. The number of carbonyl (C=O) groups is 4. The van der Waals surface area contributed by atoms with Crippen molar-refractivity contribution < 1.29 is 28.3 Å². The van der Waals surface area contributed by atoms with Crippen molar-refractivity contribution in [3.63, 3.8) is 0 Å². The summed E-state index contributed by atoms with van der Waals surface area (Å²) in [6.07, 6.45) is -0.155. The molecule has 0 bridgehead atoms. The summed E-state index contributed by atoms with van der Waals surface area (Å²) < 4.78 is 18.2. The normalized spacial score (nSPS) is 20.6. The van der Waals surface area contributed by atoms with Gasteiger partial charge < -0.3 is 9.64 Å². The maximum absolute atomic E-state index is 13.8. The van der Waals surface area contributed by atoms with E-state index in [1.165, 1.54) is 48.4 Å². The first kappa shape index (κ1) is 24.6. The Balaban J connectivity index is 1.65. The maximum Gasteiger partial charge on any atom is 0.337 e. The van der Waals surface area contributed by atoms with Gasteiger partial charge in [0.2, 0.25) is 11.8 Å². The third kappa shape index (κ3) is 4.11. The number of anilines is 1. The summed E-state index contributed by atoms with van der Waals surface area (Å²) in [4.78, 5) is 54.5. The predicted octanol–water partition coefficient (Wildman–Crippen LogP) is 3.96. The summed E-state index contributed by atoms with van der Waals surface area (Å²) in [5.74, 6) is -2.38. The van der Waals surface area contributed by atoms with Crippen LogP contribution in [0.1, 0.15) is 50.0 Å². The number of hydrogen-bond acceptors (Lipinski definition) is 5. The van der Waals surface area contributed by atoms with Crippen molar-refractivity contribution in [2.24, 2.45) is 16.7 Å². The first-order valence-corrected chi connectivity index (χ1v) is 11.5. The number of rotatable bonds is 6. The lowest BCUT2D eigenvalue weighted by atomic mass is 10.0. The molecule has 0 radical (unpaired) electrons. The van der Waals surface area contributed by atoms with Gasteiger partial charge in [0, 0.05) is 12.5 Å². The highest BCUT2D eigenvalue weighted by molar-refractivity contribution is 6.23. The molecular weight excluding hydrogens is 451 g/mol. The van der Waals surface area contributed by atoms with Gasteiger partial charge in [-0.05, 0) is 52.8 Å². The molecule has 1 aliphatic heterocycles. The van der Waals surface area contributed by atoms with Gasteiger partial charge in [0.05, 0.1) is 24.8 Å². The summed E-state index contributed by atoms with van der Waals surface area (Å²) in [6.45, 7) is 8.15. The van der Waals surface area contributed by atoms with Gasteiger partial charge in [0.25, 0.3) is 5.91 Å². The molecule has 2 fully saturated rings. The number of amides is 3. The fourth-order valence-corrected chi connectivity index (χ4v) is 5.10. The van der Waals surface area contributed by atoms with Gasteiger partial charge in [-0.1, -0.05) is 39.8 Å². The van der Waals surface area contributed by atoms with E-state index in [0.717, 1.165) is 4.90 Å². The Labute approximate surface area is 203 Å². The predicted molar refractivity (Wildman–Crippen MR) is 127 cm³/mol. The molecule has 184 valence electrons. The number of ether oxygens (including phenoxy) is 1. The van der Waals surface area contributed by atoms with E-state index < -0.39 is 29.6 Å². The van der Waals surface area contributed by atoms with Gasteiger partial charge in [-0.2, -0.15) is 0 Å². The van der Waals surface area contributed by atoms with E-state index in [1.54, 1.807) is 12.1 Å². The van der Waals surface area contributed by atoms with Crippen LogP contribution in [0.25, 0.3) is 0 Å². The zero-order valence-electron chi connectivity index (χ0n) is 20.5. The first-order valence-electron chi connectivity index (χ1n) is 11.5. The molecule has 0 aromatic heterocycles. The lowest BCUT2D eigenvalue weighted by Crippen LogP contribution is -2.46. The number of benzene rings is 2. The van der Waals surface area contributed by atoms with Crippen LogP contribution in [0.2, 0.25) is 0 Å². The Bertz CT molecular complexity index is 1170. The molecular formula is C27H29FN2O5. The second-order valence-electron chi connectivity index (χ2n) is 10.3. The Morgan fingerprint density at radius 3 is 2.09 bits per heavy atom. The molecule has 3 amide bonds.